The van der Waals surface area contributed by atoms with Crippen LogP contribution in [0.2, 0.25) is 0 Å². The van der Waals surface area contributed by atoms with Crippen LogP contribution in [0, 0.1) is 0 Å². The van der Waals surface area contributed by atoms with Crippen molar-refractivity contribution in [1.29, 1.82) is 0 Å². The average molecular weight is 232 g/mol. The van der Waals surface area contributed by atoms with E-state index in [1.54, 1.807) is 0 Å². The fourth-order valence-electron chi connectivity index (χ4n) is 3.32. The largest absolute Gasteiger partial charge is 0.359 e. The molecule has 0 aromatic carbocycles. The Morgan fingerprint density at radius 3 is 2.41 bits per heavy atom. The molecule has 1 aromatic rings. The monoisotopic (exact) mass is 232 g/mol. The quantitative estimate of drug-likeness (QED) is 0.688. The first kappa shape index (κ1) is 11.0. The number of rotatable bonds is 1. The molecule has 0 saturated carbocycles. The first-order valence-corrected chi connectivity index (χ1v) is 6.88. The smallest absolute Gasteiger partial charge is 0.0965 e. The maximum Gasteiger partial charge on any atom is 0.0965 e. The highest BCUT2D eigenvalue weighted by Gasteiger charge is 2.34. The third kappa shape index (κ3) is 2.29. The summed E-state index contributed by atoms with van der Waals surface area (Å²) in [6.07, 6.45) is 8.17. The van der Waals surface area contributed by atoms with E-state index >= 15 is 0 Å². The molecule has 0 unspecified atom stereocenters. The Kier molecular flexibility index (Phi) is 3.02. The van der Waals surface area contributed by atoms with Gasteiger partial charge in [-0.3, -0.25) is 4.98 Å². The van der Waals surface area contributed by atoms with Gasteiger partial charge < -0.3 is 9.38 Å². The van der Waals surface area contributed by atoms with Gasteiger partial charge in [0.15, 0.2) is 0 Å². The second kappa shape index (κ2) is 4.65. The molecule has 2 saturated heterocycles. The predicted octanol–water partition coefficient (Wildman–Crippen LogP) is 1.90. The van der Waals surface area contributed by atoms with E-state index in [-0.39, 0.29) is 0 Å². The molecule has 0 N–H and O–H groups in total. The number of nitrogens with zero attached hydrogens (tertiary/aromatic N) is 3. The van der Waals surface area contributed by atoms with E-state index in [1.807, 2.05) is 18.5 Å². The molecular weight excluding hydrogens is 210 g/mol. The molecule has 2 aliphatic heterocycles. The van der Waals surface area contributed by atoms with Crippen LogP contribution in [0.3, 0.4) is 0 Å². The van der Waals surface area contributed by atoms with Gasteiger partial charge in [-0.15, -0.1) is 0 Å². The lowest BCUT2D eigenvalue weighted by Crippen LogP contribution is -2.61. The van der Waals surface area contributed by atoms with E-state index in [9.17, 15) is 0 Å². The Labute approximate surface area is 104 Å². The summed E-state index contributed by atoms with van der Waals surface area (Å²) in [5, 5.41) is 0. The molecule has 1 aromatic heterocycles. The van der Waals surface area contributed by atoms with Crippen LogP contribution in [-0.4, -0.2) is 48.7 Å². The Bertz CT molecular complexity index is 347. The zero-order valence-electron chi connectivity index (χ0n) is 10.5. The summed E-state index contributed by atoms with van der Waals surface area (Å²) in [6, 6.07) is 4.22. The van der Waals surface area contributed by atoms with Crippen molar-refractivity contribution in [3.05, 3.63) is 24.5 Å². The summed E-state index contributed by atoms with van der Waals surface area (Å²) in [7, 11) is 0. The van der Waals surface area contributed by atoms with Crippen molar-refractivity contribution in [3.63, 3.8) is 0 Å². The summed E-state index contributed by atoms with van der Waals surface area (Å²) < 4.78 is 1.39. The molecular formula is C14H22N3+. The topological polar surface area (TPSA) is 16.1 Å². The number of pyridine rings is 1. The minimum Gasteiger partial charge on any atom is -0.359 e. The predicted molar refractivity (Wildman–Crippen MR) is 70.0 cm³/mol. The molecule has 0 bridgehead atoms. The number of quaternary nitrogens is 1. The van der Waals surface area contributed by atoms with Crippen LogP contribution in [0.4, 0.5) is 5.69 Å². The molecule has 17 heavy (non-hydrogen) atoms. The summed E-state index contributed by atoms with van der Waals surface area (Å²) in [5.74, 6) is 0. The van der Waals surface area contributed by atoms with Crippen LogP contribution in [0.5, 0.6) is 0 Å². The lowest BCUT2D eigenvalue weighted by atomic mass is 10.1. The summed E-state index contributed by atoms with van der Waals surface area (Å²) in [6.45, 7) is 7.89. The molecule has 0 atom stereocenters. The summed E-state index contributed by atoms with van der Waals surface area (Å²) in [4.78, 5) is 6.71. The van der Waals surface area contributed by atoms with Crippen LogP contribution in [-0.2, 0) is 0 Å². The van der Waals surface area contributed by atoms with Gasteiger partial charge in [0.2, 0.25) is 0 Å². The van der Waals surface area contributed by atoms with Crippen molar-refractivity contribution in [2.75, 3.05) is 44.2 Å². The SMILES string of the molecule is c1cncc(N2CC[N+]3(CCCCC3)CC2)c1. The fraction of sp³-hybridized carbons (Fsp3) is 0.643. The highest BCUT2D eigenvalue weighted by Crippen LogP contribution is 2.23. The molecule has 2 aliphatic rings. The number of hydrogen-bond acceptors (Lipinski definition) is 2. The third-order valence-corrected chi connectivity index (χ3v) is 4.46. The Morgan fingerprint density at radius 1 is 1.00 bits per heavy atom. The lowest BCUT2D eigenvalue weighted by Gasteiger charge is -2.47. The molecule has 0 radical (unpaired) electrons. The zero-order valence-corrected chi connectivity index (χ0v) is 10.5. The average Bonchev–Trinajstić information content (AvgIpc) is 2.42. The molecule has 92 valence electrons. The minimum absolute atomic E-state index is 1.20. The van der Waals surface area contributed by atoms with Gasteiger partial charge in [-0.2, -0.15) is 0 Å². The van der Waals surface area contributed by atoms with Gasteiger partial charge in [0.05, 0.1) is 51.2 Å². The van der Waals surface area contributed by atoms with E-state index < -0.39 is 0 Å². The van der Waals surface area contributed by atoms with Gasteiger partial charge >= 0.3 is 0 Å². The van der Waals surface area contributed by atoms with Crippen molar-refractivity contribution < 1.29 is 4.48 Å². The maximum atomic E-state index is 4.22. The van der Waals surface area contributed by atoms with Gasteiger partial charge in [0.25, 0.3) is 0 Å². The van der Waals surface area contributed by atoms with Crippen LogP contribution in [0.25, 0.3) is 0 Å². The van der Waals surface area contributed by atoms with E-state index in [0.717, 1.165) is 0 Å². The number of aromatic nitrogens is 1. The molecule has 3 nitrogen and oxygen atoms in total. The van der Waals surface area contributed by atoms with E-state index in [1.165, 1.54) is 68.7 Å². The van der Waals surface area contributed by atoms with Crippen molar-refractivity contribution in [1.82, 2.24) is 4.98 Å². The molecule has 3 heterocycles. The maximum absolute atomic E-state index is 4.22. The first-order chi connectivity index (χ1) is 8.38. The van der Waals surface area contributed by atoms with Crippen molar-refractivity contribution >= 4 is 5.69 Å². The molecule has 0 amide bonds. The number of piperazine rings is 1. The Morgan fingerprint density at radius 2 is 1.76 bits per heavy atom. The van der Waals surface area contributed by atoms with Crippen molar-refractivity contribution in [3.8, 4) is 0 Å². The van der Waals surface area contributed by atoms with Gasteiger partial charge in [0, 0.05) is 6.20 Å². The van der Waals surface area contributed by atoms with Gasteiger partial charge in [-0.1, -0.05) is 0 Å². The number of piperidine rings is 1. The highest BCUT2D eigenvalue weighted by atomic mass is 15.4. The summed E-state index contributed by atoms with van der Waals surface area (Å²) in [5.41, 5.74) is 1.29. The second-order valence-corrected chi connectivity index (χ2v) is 5.50. The number of hydrogen-bond donors (Lipinski definition) is 0. The van der Waals surface area contributed by atoms with Crippen molar-refractivity contribution in [2.45, 2.75) is 19.3 Å². The third-order valence-electron chi connectivity index (χ3n) is 4.46. The van der Waals surface area contributed by atoms with E-state index in [2.05, 4.69) is 16.0 Å². The van der Waals surface area contributed by atoms with Crippen LogP contribution >= 0.6 is 0 Å². The molecule has 2 fully saturated rings. The standard InChI is InChI=1S/C14H22N3/c1-2-9-17(10-3-1)11-7-16(8-12-17)14-5-4-6-15-13-14/h4-6,13H,1-3,7-12H2/q+1. The molecule has 0 aliphatic carbocycles. The van der Waals surface area contributed by atoms with Gasteiger partial charge in [0.1, 0.15) is 0 Å². The summed E-state index contributed by atoms with van der Waals surface area (Å²) >= 11 is 0. The Hall–Kier alpha value is -1.09. The van der Waals surface area contributed by atoms with Crippen LogP contribution in [0.15, 0.2) is 24.5 Å². The van der Waals surface area contributed by atoms with E-state index in [0.29, 0.717) is 0 Å². The van der Waals surface area contributed by atoms with E-state index in [4.69, 9.17) is 0 Å². The van der Waals surface area contributed by atoms with Crippen LogP contribution < -0.4 is 4.90 Å². The lowest BCUT2D eigenvalue weighted by molar-refractivity contribution is -0.932. The molecule has 1 spiro atoms. The Balaban J connectivity index is 1.64. The van der Waals surface area contributed by atoms with Gasteiger partial charge in [-0.05, 0) is 31.4 Å². The first-order valence-electron chi connectivity index (χ1n) is 6.88. The van der Waals surface area contributed by atoms with Crippen molar-refractivity contribution in [2.24, 2.45) is 0 Å². The number of anilines is 1. The minimum atomic E-state index is 1.20. The zero-order chi connectivity index (χ0) is 11.6. The normalized spacial score (nSPS) is 23.9. The molecule has 3 rings (SSSR count). The van der Waals surface area contributed by atoms with Gasteiger partial charge in [-0.25, -0.2) is 0 Å². The van der Waals surface area contributed by atoms with Crippen LogP contribution in [0.1, 0.15) is 19.3 Å². The highest BCUT2D eigenvalue weighted by molar-refractivity contribution is 5.43. The fourth-order valence-corrected chi connectivity index (χ4v) is 3.32. The molecule has 3 heteroatoms. The second-order valence-electron chi connectivity index (χ2n) is 5.50.